The van der Waals surface area contributed by atoms with Crippen LogP contribution in [0.25, 0.3) is 0 Å². The number of hydrogen-bond acceptors (Lipinski definition) is 3. The molecule has 0 aliphatic heterocycles. The zero-order chi connectivity index (χ0) is 10.5. The first kappa shape index (κ1) is 13.0. The fraction of sp³-hybridized carbons (Fsp3) is 0.500. The van der Waals surface area contributed by atoms with Gasteiger partial charge < -0.3 is 17.3 Å². The quantitative estimate of drug-likeness (QED) is 0.299. The number of aryl methyl sites for hydroxylation is 1. The summed E-state index contributed by atoms with van der Waals surface area (Å²) >= 11 is 5.10. The molecule has 0 aromatic carbocycles. The Hall–Kier alpha value is -0.0151. The van der Waals surface area contributed by atoms with Gasteiger partial charge >= 0.3 is 10.4 Å². The van der Waals surface area contributed by atoms with Gasteiger partial charge in [0.2, 0.25) is 11.4 Å². The molecule has 0 unspecified atom stereocenters. The van der Waals surface area contributed by atoms with Crippen LogP contribution >= 0.6 is 22.9 Å². The minimum Gasteiger partial charge on any atom is -0.418 e. The van der Waals surface area contributed by atoms with Gasteiger partial charge in [-0.2, -0.15) is 4.37 Å². The van der Waals surface area contributed by atoms with Crippen LogP contribution in [0.4, 0.5) is 17.3 Å². The Balaban J connectivity index is 0.000000252. The van der Waals surface area contributed by atoms with Gasteiger partial charge in [-0.3, -0.25) is 0 Å². The minimum absolute atomic E-state index is 1.17. The predicted octanol–water partition coefficient (Wildman–Crippen LogP) is 3.06. The van der Waals surface area contributed by atoms with Crippen molar-refractivity contribution in [1.82, 2.24) is 4.37 Å². The van der Waals surface area contributed by atoms with Crippen LogP contribution in [0.3, 0.4) is 0 Å². The first-order valence-electron chi connectivity index (χ1n) is 3.00. The van der Waals surface area contributed by atoms with Crippen LogP contribution in [-0.2, 0) is 11.4 Å². The minimum atomic E-state index is -6.00. The second-order valence-electron chi connectivity index (χ2n) is 1.75. The number of halogens is 4. The van der Waals surface area contributed by atoms with Gasteiger partial charge in [-0.1, -0.05) is 0 Å². The van der Waals surface area contributed by atoms with Crippen LogP contribution in [-0.4, -0.2) is 17.9 Å². The van der Waals surface area contributed by atoms with E-state index >= 15 is 0 Å². The fourth-order valence-corrected chi connectivity index (χ4v) is 2.77. The smallest absolute Gasteiger partial charge is 0.418 e. The molecule has 0 saturated carbocycles. The molecule has 0 N–H and O–H groups in total. The van der Waals surface area contributed by atoms with Crippen LogP contribution in [0.2, 0.25) is 0 Å². The Morgan fingerprint density at radius 1 is 1.31 bits per heavy atom. The average Bonchev–Trinajstić information content (AvgIpc) is 2.31. The molecule has 9 heteroatoms. The van der Waals surface area contributed by atoms with Crippen LogP contribution in [0.15, 0.2) is 0 Å². The first-order chi connectivity index (χ1) is 5.83. The lowest BCUT2D eigenvalue weighted by molar-refractivity contribution is 0.368. The van der Waals surface area contributed by atoms with E-state index in [1.165, 1.54) is 8.15 Å². The van der Waals surface area contributed by atoms with Crippen molar-refractivity contribution in [3.8, 4) is 0 Å². The zero-order valence-corrected chi connectivity index (χ0v) is 9.21. The summed E-state index contributed by atoms with van der Waals surface area (Å²) in [5, 5.41) is 1.17. The van der Waals surface area contributed by atoms with Crippen molar-refractivity contribution in [2.45, 2.75) is 6.92 Å². The lowest BCUT2D eigenvalue weighted by Gasteiger charge is -1.94. The molecular weight excluding hydrogens is 245 g/mol. The Kier molecular flexibility index (Phi) is 5.65. The van der Waals surface area contributed by atoms with Gasteiger partial charge in [0.05, 0.1) is 0 Å². The van der Waals surface area contributed by atoms with Crippen molar-refractivity contribution in [2.24, 2.45) is 0 Å². The lowest BCUT2D eigenvalue weighted by atomic mass is 10.3. The highest BCUT2D eigenvalue weighted by atomic mass is 32.2. The zero-order valence-electron chi connectivity index (χ0n) is 6.76. The van der Waals surface area contributed by atoms with E-state index in [1.54, 1.807) is 34.2 Å². The number of rotatable bonds is 0. The SMILES string of the molecule is C[S+]=c1snc(C)s1.F[B-](F)(F)F. The Morgan fingerprint density at radius 3 is 1.92 bits per heavy atom. The normalized spacial score (nSPS) is 12.3. The van der Waals surface area contributed by atoms with Crippen molar-refractivity contribution in [3.05, 3.63) is 8.15 Å². The molecule has 0 fully saturated rings. The molecule has 0 aliphatic rings. The molecule has 1 rings (SSSR count). The molecule has 1 aromatic rings. The van der Waals surface area contributed by atoms with Crippen LogP contribution in [0.5, 0.6) is 0 Å². The summed E-state index contributed by atoms with van der Waals surface area (Å²) in [7, 11) is -6.00. The second kappa shape index (κ2) is 5.66. The van der Waals surface area contributed by atoms with Crippen molar-refractivity contribution >= 4 is 41.5 Å². The monoisotopic (exact) mass is 251 g/mol. The molecular formula is C4H6BF4NS3. The summed E-state index contributed by atoms with van der Waals surface area (Å²) in [5.41, 5.74) is 0. The Morgan fingerprint density at radius 2 is 1.77 bits per heavy atom. The van der Waals surface area contributed by atoms with Crippen molar-refractivity contribution in [3.63, 3.8) is 0 Å². The summed E-state index contributed by atoms with van der Waals surface area (Å²) in [5.74, 6) is 0. The highest BCUT2D eigenvalue weighted by Gasteiger charge is 2.20. The highest BCUT2D eigenvalue weighted by molar-refractivity contribution is 7.74. The fourth-order valence-electron chi connectivity index (χ4n) is 0.338. The molecule has 13 heavy (non-hydrogen) atoms. The van der Waals surface area contributed by atoms with E-state index in [2.05, 4.69) is 10.6 Å². The van der Waals surface area contributed by atoms with E-state index in [4.69, 9.17) is 0 Å². The van der Waals surface area contributed by atoms with Gasteiger partial charge in [-0.25, -0.2) is 0 Å². The van der Waals surface area contributed by atoms with Gasteiger partial charge in [-0.05, 0) is 18.3 Å². The van der Waals surface area contributed by atoms with Gasteiger partial charge in [0, 0.05) is 11.5 Å². The maximum Gasteiger partial charge on any atom is 0.673 e. The number of hydrogen-bond donors (Lipinski definition) is 0. The van der Waals surface area contributed by atoms with Crippen LogP contribution in [0, 0.1) is 10.1 Å². The molecule has 0 bridgehead atoms. The van der Waals surface area contributed by atoms with Crippen molar-refractivity contribution < 1.29 is 17.3 Å². The molecule has 1 nitrogen and oxygen atoms in total. The largest absolute Gasteiger partial charge is 0.673 e. The van der Waals surface area contributed by atoms with Gasteiger partial charge in [-0.15, -0.1) is 0 Å². The third-order valence-electron chi connectivity index (χ3n) is 0.646. The molecule has 0 aliphatic carbocycles. The van der Waals surface area contributed by atoms with E-state index in [0.29, 0.717) is 0 Å². The summed E-state index contributed by atoms with van der Waals surface area (Å²) in [6.45, 7) is 2.03. The highest BCUT2D eigenvalue weighted by Crippen LogP contribution is 2.08. The predicted molar refractivity (Wildman–Crippen MR) is 51.4 cm³/mol. The summed E-state index contributed by atoms with van der Waals surface area (Å²) in [6, 6.07) is 0. The molecule has 0 amide bonds. The summed E-state index contributed by atoms with van der Waals surface area (Å²) in [4.78, 5) is 0. The topological polar surface area (TPSA) is 12.9 Å². The Labute approximate surface area is 84.7 Å². The third-order valence-corrected chi connectivity index (χ3v) is 4.11. The number of nitrogens with zero attached hydrogens (tertiary/aromatic N) is 1. The van der Waals surface area contributed by atoms with E-state index < -0.39 is 7.25 Å². The van der Waals surface area contributed by atoms with Gasteiger partial charge in [0.1, 0.15) is 5.01 Å². The summed E-state index contributed by atoms with van der Waals surface area (Å²) in [6.07, 6.45) is 2.07. The lowest BCUT2D eigenvalue weighted by Crippen LogP contribution is -2.02. The Bertz CT molecular complexity index is 297. The third kappa shape index (κ3) is 9.90. The maximum atomic E-state index is 9.75. The summed E-state index contributed by atoms with van der Waals surface area (Å²) < 4.78 is 44.5. The van der Waals surface area contributed by atoms with Crippen LogP contribution < -0.4 is 0 Å². The van der Waals surface area contributed by atoms with Gasteiger partial charge in [0.25, 0.3) is 0 Å². The van der Waals surface area contributed by atoms with E-state index in [9.17, 15) is 17.3 Å². The first-order valence-corrected chi connectivity index (χ1v) is 5.82. The standard InChI is InChI=1S/C4H6NS3.BF4/c1-3-5-8-4(6-2)7-3;2-1(3,4)5/h1-2H3;/q+1;-1. The molecule has 76 valence electrons. The number of aromatic nitrogens is 1. The van der Waals surface area contributed by atoms with E-state index in [0.717, 1.165) is 0 Å². The van der Waals surface area contributed by atoms with E-state index in [1.807, 2.05) is 6.92 Å². The molecule has 0 saturated heterocycles. The molecule has 1 heterocycles. The average molecular weight is 251 g/mol. The van der Waals surface area contributed by atoms with Gasteiger partial charge in [0.15, 0.2) is 6.26 Å². The van der Waals surface area contributed by atoms with Crippen LogP contribution in [0.1, 0.15) is 5.01 Å². The van der Waals surface area contributed by atoms with E-state index in [-0.39, 0.29) is 0 Å². The molecule has 0 radical (unpaired) electrons. The van der Waals surface area contributed by atoms with Crippen molar-refractivity contribution in [1.29, 1.82) is 0 Å². The molecule has 0 spiro atoms. The van der Waals surface area contributed by atoms with Crippen molar-refractivity contribution in [2.75, 3.05) is 6.26 Å². The molecule has 0 atom stereocenters. The second-order valence-corrected chi connectivity index (χ2v) is 5.32. The maximum absolute atomic E-state index is 9.75. The molecule has 1 aromatic heterocycles.